The maximum atomic E-state index is 12.4. The number of ether oxygens (including phenoxy) is 1. The van der Waals surface area contributed by atoms with Gasteiger partial charge in [0.1, 0.15) is 0 Å². The van der Waals surface area contributed by atoms with Crippen LogP contribution in [0.2, 0.25) is 0 Å². The van der Waals surface area contributed by atoms with Crippen LogP contribution in [-0.4, -0.2) is 41.6 Å². The Morgan fingerprint density at radius 1 is 1.17 bits per heavy atom. The van der Waals surface area contributed by atoms with Crippen LogP contribution in [0.4, 0.5) is 0 Å². The fraction of sp³-hybridized carbons (Fsp3) is 0.368. The highest BCUT2D eigenvalue weighted by atomic mass is 16.5. The van der Waals surface area contributed by atoms with Gasteiger partial charge in [-0.05, 0) is 37.0 Å². The minimum atomic E-state index is 0.0720. The van der Waals surface area contributed by atoms with E-state index in [2.05, 4.69) is 29.2 Å². The highest BCUT2D eigenvalue weighted by Gasteiger charge is 2.27. The Kier molecular flexibility index (Phi) is 5.37. The van der Waals surface area contributed by atoms with E-state index < -0.39 is 0 Å². The molecule has 1 aromatic heterocycles. The number of aromatic nitrogens is 1. The number of hydrogen-bond acceptors (Lipinski definition) is 3. The van der Waals surface area contributed by atoms with Gasteiger partial charge in [-0.2, -0.15) is 0 Å². The minimum absolute atomic E-state index is 0.0720. The zero-order valence-corrected chi connectivity index (χ0v) is 13.2. The highest BCUT2D eigenvalue weighted by Crippen LogP contribution is 2.16. The summed E-state index contributed by atoms with van der Waals surface area (Å²) in [6, 6.07) is 14.0. The third-order valence-electron chi connectivity index (χ3n) is 4.17. The molecule has 0 unspecified atom stereocenters. The lowest BCUT2D eigenvalue weighted by Gasteiger charge is -2.16. The van der Waals surface area contributed by atoms with Gasteiger partial charge < -0.3 is 9.64 Å². The lowest BCUT2D eigenvalue weighted by atomic mass is 10.1. The molecule has 2 heterocycles. The number of amides is 1. The Balaban J connectivity index is 1.39. The van der Waals surface area contributed by atoms with E-state index in [0.717, 1.165) is 32.4 Å². The molecule has 0 bridgehead atoms. The topological polar surface area (TPSA) is 42.4 Å². The van der Waals surface area contributed by atoms with Crippen molar-refractivity contribution in [3.8, 4) is 0 Å². The second-order valence-corrected chi connectivity index (χ2v) is 5.86. The first kappa shape index (κ1) is 15.7. The van der Waals surface area contributed by atoms with Gasteiger partial charge in [-0.15, -0.1) is 0 Å². The Bertz CT molecular complexity index is 616. The number of rotatable bonds is 6. The lowest BCUT2D eigenvalue weighted by Crippen LogP contribution is -2.30. The van der Waals surface area contributed by atoms with E-state index in [9.17, 15) is 4.79 Å². The summed E-state index contributed by atoms with van der Waals surface area (Å²) in [7, 11) is 0. The van der Waals surface area contributed by atoms with Crippen LogP contribution >= 0.6 is 0 Å². The molecule has 1 amide bonds. The molecule has 4 nitrogen and oxygen atoms in total. The predicted octanol–water partition coefficient (Wildman–Crippen LogP) is 2.95. The van der Waals surface area contributed by atoms with Crippen LogP contribution in [0.1, 0.15) is 28.8 Å². The standard InChI is InChI=1S/C19H22N2O2/c22-19(17-8-11-20-12-9-17)21-13-10-18(15-21)23-14-4-7-16-5-2-1-3-6-16/h1-3,5-6,8-9,11-12,18H,4,7,10,13-15H2/t18-/m0/s1. The summed E-state index contributed by atoms with van der Waals surface area (Å²) in [5.74, 6) is 0.0720. The Morgan fingerprint density at radius 2 is 1.96 bits per heavy atom. The first-order valence-electron chi connectivity index (χ1n) is 8.18. The van der Waals surface area contributed by atoms with Gasteiger partial charge in [-0.1, -0.05) is 30.3 Å². The number of pyridine rings is 1. The molecular weight excluding hydrogens is 288 g/mol. The summed E-state index contributed by atoms with van der Waals surface area (Å²) in [4.78, 5) is 18.2. The lowest BCUT2D eigenvalue weighted by molar-refractivity contribution is 0.0525. The average molecular weight is 310 g/mol. The van der Waals surface area contributed by atoms with Crippen molar-refractivity contribution in [1.29, 1.82) is 0 Å². The molecule has 1 fully saturated rings. The molecule has 23 heavy (non-hydrogen) atoms. The number of likely N-dealkylation sites (tertiary alicyclic amines) is 1. The van der Waals surface area contributed by atoms with E-state index >= 15 is 0 Å². The summed E-state index contributed by atoms with van der Waals surface area (Å²) in [6.07, 6.45) is 6.44. The first-order valence-corrected chi connectivity index (χ1v) is 8.18. The molecule has 2 aromatic rings. The summed E-state index contributed by atoms with van der Waals surface area (Å²) < 4.78 is 5.93. The van der Waals surface area contributed by atoms with Crippen LogP contribution < -0.4 is 0 Å². The number of hydrogen-bond donors (Lipinski definition) is 0. The maximum Gasteiger partial charge on any atom is 0.254 e. The second kappa shape index (κ2) is 7.88. The molecule has 1 aliphatic heterocycles. The average Bonchev–Trinajstić information content (AvgIpc) is 3.09. The predicted molar refractivity (Wildman–Crippen MR) is 89.3 cm³/mol. The summed E-state index contributed by atoms with van der Waals surface area (Å²) >= 11 is 0. The van der Waals surface area contributed by atoms with E-state index in [4.69, 9.17) is 4.74 Å². The van der Waals surface area contributed by atoms with Gasteiger partial charge in [0.15, 0.2) is 0 Å². The van der Waals surface area contributed by atoms with E-state index in [1.165, 1.54) is 5.56 Å². The van der Waals surface area contributed by atoms with Crippen molar-refractivity contribution in [2.45, 2.75) is 25.4 Å². The second-order valence-electron chi connectivity index (χ2n) is 5.86. The van der Waals surface area contributed by atoms with E-state index in [0.29, 0.717) is 12.1 Å². The van der Waals surface area contributed by atoms with Gasteiger partial charge in [-0.25, -0.2) is 0 Å². The van der Waals surface area contributed by atoms with Crippen LogP contribution in [0, 0.1) is 0 Å². The Labute approximate surface area is 137 Å². The zero-order valence-electron chi connectivity index (χ0n) is 13.2. The Morgan fingerprint density at radius 3 is 2.74 bits per heavy atom. The summed E-state index contributed by atoms with van der Waals surface area (Å²) in [5.41, 5.74) is 2.04. The SMILES string of the molecule is O=C(c1ccncc1)N1CC[C@H](OCCCc2ccccc2)C1. The fourth-order valence-corrected chi connectivity index (χ4v) is 2.90. The highest BCUT2D eigenvalue weighted by molar-refractivity contribution is 5.94. The molecule has 0 spiro atoms. The molecule has 0 aliphatic carbocycles. The fourth-order valence-electron chi connectivity index (χ4n) is 2.90. The molecule has 120 valence electrons. The molecule has 3 rings (SSSR count). The molecule has 0 radical (unpaired) electrons. The summed E-state index contributed by atoms with van der Waals surface area (Å²) in [5, 5.41) is 0. The Hall–Kier alpha value is -2.20. The van der Waals surface area contributed by atoms with Crippen molar-refractivity contribution < 1.29 is 9.53 Å². The largest absolute Gasteiger partial charge is 0.376 e. The van der Waals surface area contributed by atoms with Crippen molar-refractivity contribution in [1.82, 2.24) is 9.88 Å². The number of aryl methyl sites for hydroxylation is 1. The molecule has 4 heteroatoms. The third kappa shape index (κ3) is 4.39. The normalized spacial score (nSPS) is 17.4. The number of carbonyl (C=O) groups excluding carboxylic acids is 1. The van der Waals surface area contributed by atoms with Crippen molar-refractivity contribution in [3.05, 3.63) is 66.0 Å². The monoisotopic (exact) mass is 310 g/mol. The van der Waals surface area contributed by atoms with Crippen molar-refractivity contribution in [3.63, 3.8) is 0 Å². The van der Waals surface area contributed by atoms with Crippen molar-refractivity contribution in [2.75, 3.05) is 19.7 Å². The molecule has 1 atom stereocenters. The van der Waals surface area contributed by atoms with E-state index in [-0.39, 0.29) is 12.0 Å². The molecule has 1 aliphatic rings. The van der Waals surface area contributed by atoms with Crippen LogP contribution in [0.15, 0.2) is 54.9 Å². The van der Waals surface area contributed by atoms with E-state index in [1.807, 2.05) is 11.0 Å². The van der Waals surface area contributed by atoms with Gasteiger partial charge >= 0.3 is 0 Å². The van der Waals surface area contributed by atoms with Crippen LogP contribution in [-0.2, 0) is 11.2 Å². The van der Waals surface area contributed by atoms with Crippen molar-refractivity contribution in [2.24, 2.45) is 0 Å². The molecule has 0 N–H and O–H groups in total. The van der Waals surface area contributed by atoms with Gasteiger partial charge in [0, 0.05) is 37.7 Å². The van der Waals surface area contributed by atoms with Gasteiger partial charge in [0.2, 0.25) is 0 Å². The zero-order chi connectivity index (χ0) is 15.9. The van der Waals surface area contributed by atoms with Crippen LogP contribution in [0.3, 0.4) is 0 Å². The van der Waals surface area contributed by atoms with Gasteiger partial charge in [-0.3, -0.25) is 9.78 Å². The maximum absolute atomic E-state index is 12.4. The van der Waals surface area contributed by atoms with Gasteiger partial charge in [0.05, 0.1) is 6.10 Å². The molecule has 1 saturated heterocycles. The smallest absolute Gasteiger partial charge is 0.254 e. The molecule has 1 aromatic carbocycles. The van der Waals surface area contributed by atoms with Gasteiger partial charge in [0.25, 0.3) is 5.91 Å². The quantitative estimate of drug-likeness (QED) is 0.770. The molecule has 0 saturated carbocycles. The summed E-state index contributed by atoms with van der Waals surface area (Å²) in [6.45, 7) is 2.20. The number of carbonyl (C=O) groups is 1. The van der Waals surface area contributed by atoms with E-state index in [1.54, 1.807) is 24.5 Å². The molecular formula is C19H22N2O2. The number of nitrogens with zero attached hydrogens (tertiary/aromatic N) is 2. The minimum Gasteiger partial charge on any atom is -0.376 e. The van der Waals surface area contributed by atoms with Crippen molar-refractivity contribution >= 4 is 5.91 Å². The van der Waals surface area contributed by atoms with Crippen LogP contribution in [0.25, 0.3) is 0 Å². The first-order chi connectivity index (χ1) is 11.3. The van der Waals surface area contributed by atoms with Crippen LogP contribution in [0.5, 0.6) is 0 Å². The third-order valence-corrected chi connectivity index (χ3v) is 4.17. The number of benzene rings is 1.